The van der Waals surface area contributed by atoms with Crippen LogP contribution in [-0.2, 0) is 31.6 Å². The highest BCUT2D eigenvalue weighted by atomic mass is 17.2. The number of nitrogens with one attached hydrogen (secondary N) is 1. The van der Waals surface area contributed by atoms with Crippen molar-refractivity contribution in [3.8, 4) is 0 Å². The van der Waals surface area contributed by atoms with Crippen LogP contribution >= 0.6 is 0 Å². The molecule has 5 heterocycles. The predicted octanol–water partition coefficient (Wildman–Crippen LogP) is 4.86. The molecular weight excluding hydrogens is 458 g/mol. The van der Waals surface area contributed by atoms with E-state index in [1.807, 2.05) is 38.1 Å². The molecule has 3 aliphatic heterocycles. The normalized spacial score (nSPS) is 26.3. The fourth-order valence-electron chi connectivity index (χ4n) is 7.08. The summed E-state index contributed by atoms with van der Waals surface area (Å²) in [5.41, 5.74) is 3.45. The summed E-state index contributed by atoms with van der Waals surface area (Å²) >= 11 is 0. The van der Waals surface area contributed by atoms with Crippen LogP contribution < -0.4 is 5.32 Å². The van der Waals surface area contributed by atoms with Gasteiger partial charge in [0.2, 0.25) is 0 Å². The Bertz CT molecular complexity index is 1850. The van der Waals surface area contributed by atoms with Crippen LogP contribution in [0, 0.1) is 5.41 Å². The van der Waals surface area contributed by atoms with Gasteiger partial charge in [-0.3, -0.25) is 9.68 Å². The zero-order valence-corrected chi connectivity index (χ0v) is 20.0. The fourth-order valence-corrected chi connectivity index (χ4v) is 7.08. The van der Waals surface area contributed by atoms with Crippen LogP contribution in [0.1, 0.15) is 42.4 Å². The summed E-state index contributed by atoms with van der Waals surface area (Å²) in [6.45, 7) is 4.31. The van der Waals surface area contributed by atoms with Crippen LogP contribution in [0.3, 0.4) is 0 Å². The van der Waals surface area contributed by atoms with E-state index < -0.39 is 23.3 Å². The number of para-hydroxylation sites is 2. The van der Waals surface area contributed by atoms with E-state index in [1.54, 1.807) is 0 Å². The highest BCUT2D eigenvalue weighted by Crippen LogP contribution is 2.61. The van der Waals surface area contributed by atoms with Crippen molar-refractivity contribution in [1.82, 2.24) is 14.5 Å². The lowest BCUT2D eigenvalue weighted by atomic mass is 9.78. The minimum Gasteiger partial charge on any atom is -0.348 e. The lowest BCUT2D eigenvalue weighted by molar-refractivity contribution is -0.273. The smallest absolute Gasteiger partial charge is 0.348 e. The fraction of sp³-hybridized carbons (Fsp3) is 0.286. The molecule has 1 N–H and O–H groups in total. The maximum Gasteiger partial charge on any atom is 0.353 e. The van der Waals surface area contributed by atoms with Gasteiger partial charge in [0.1, 0.15) is 11.6 Å². The molecule has 0 unspecified atom stereocenters. The van der Waals surface area contributed by atoms with Gasteiger partial charge in [-0.1, -0.05) is 36.4 Å². The molecule has 5 aromatic rings. The van der Waals surface area contributed by atoms with Gasteiger partial charge in [0.25, 0.3) is 5.91 Å². The number of amides is 1. The molecule has 8 nitrogen and oxygen atoms in total. The van der Waals surface area contributed by atoms with Crippen molar-refractivity contribution < 1.29 is 24.1 Å². The van der Waals surface area contributed by atoms with Crippen molar-refractivity contribution in [2.75, 3.05) is 7.11 Å². The Labute approximate surface area is 205 Å². The summed E-state index contributed by atoms with van der Waals surface area (Å²) in [5.74, 6) is -0.531. The minimum atomic E-state index is -1.08. The van der Waals surface area contributed by atoms with E-state index in [9.17, 15) is 9.59 Å². The molecule has 8 heteroatoms. The first-order chi connectivity index (χ1) is 17.4. The summed E-state index contributed by atoms with van der Waals surface area (Å²) < 4.78 is 11.3. The second kappa shape index (κ2) is 6.27. The number of hydrogen-bond acceptors (Lipinski definition) is 5. The van der Waals surface area contributed by atoms with Crippen molar-refractivity contribution in [2.24, 2.45) is 5.41 Å². The second-order valence-electron chi connectivity index (χ2n) is 10.4. The van der Waals surface area contributed by atoms with Crippen LogP contribution in [-0.4, -0.2) is 28.1 Å². The molecule has 1 fully saturated rings. The molecule has 0 radical (unpaired) electrons. The first-order valence-electron chi connectivity index (χ1n) is 12.1. The topological polar surface area (TPSA) is 83.7 Å². The SMILES string of the molecule is COOC(=O)[C@@]1(C)C[C@@H]2O[C@@]1(C)n1c3ccccc3c3c4c(c5c6ccccc6n2c5c31)C(=O)NC4. The standard InChI is InChI=1S/C28H23N3O5/c1-27(26(33)36-34-3)12-19-30-17-10-6-4-8-14(17)21-22-16(13-29-25(22)32)20-15-9-5-7-11-18(15)31(24(20)23(21)30)28(27,2)35-19/h4-11,19H,12-13H2,1-3H3,(H,29,32)/t19-,27+,28+/m0/s1. The number of aromatic nitrogens is 2. The molecule has 36 heavy (non-hydrogen) atoms. The van der Waals surface area contributed by atoms with E-state index in [4.69, 9.17) is 14.5 Å². The van der Waals surface area contributed by atoms with Crippen LogP contribution in [0.4, 0.5) is 0 Å². The number of carbonyl (C=O) groups is 2. The zero-order chi connectivity index (χ0) is 24.6. The minimum absolute atomic E-state index is 0.0540. The largest absolute Gasteiger partial charge is 0.353 e. The van der Waals surface area contributed by atoms with E-state index in [0.717, 1.165) is 54.7 Å². The van der Waals surface area contributed by atoms with Crippen molar-refractivity contribution >= 4 is 55.5 Å². The molecule has 1 saturated heterocycles. The third kappa shape index (κ3) is 2.00. The molecule has 2 bridgehead atoms. The number of fused-ring (bicyclic) bond motifs is 13. The first kappa shape index (κ1) is 20.3. The third-order valence-corrected chi connectivity index (χ3v) is 8.81. The van der Waals surface area contributed by atoms with Gasteiger partial charge in [-0.05, 0) is 31.5 Å². The predicted molar refractivity (Wildman–Crippen MR) is 133 cm³/mol. The van der Waals surface area contributed by atoms with E-state index in [-0.39, 0.29) is 5.91 Å². The van der Waals surface area contributed by atoms with Crippen LogP contribution in [0.15, 0.2) is 48.5 Å². The quantitative estimate of drug-likeness (QED) is 0.288. The highest BCUT2D eigenvalue weighted by molar-refractivity contribution is 6.31. The van der Waals surface area contributed by atoms with E-state index in [0.29, 0.717) is 13.0 Å². The van der Waals surface area contributed by atoms with Crippen molar-refractivity contribution in [3.05, 3.63) is 59.7 Å². The average Bonchev–Trinajstić information content (AvgIpc) is 3.56. The molecule has 0 aliphatic carbocycles. The molecule has 0 spiro atoms. The van der Waals surface area contributed by atoms with Crippen LogP contribution in [0.2, 0.25) is 0 Å². The number of hydrogen-bond donors (Lipinski definition) is 1. The van der Waals surface area contributed by atoms with E-state index in [1.165, 1.54) is 7.11 Å². The number of carbonyl (C=O) groups excluding carboxylic acids is 2. The van der Waals surface area contributed by atoms with E-state index >= 15 is 0 Å². The number of ether oxygens (including phenoxy) is 1. The Morgan fingerprint density at radius 2 is 1.72 bits per heavy atom. The van der Waals surface area contributed by atoms with Crippen molar-refractivity contribution in [1.29, 1.82) is 0 Å². The van der Waals surface area contributed by atoms with Gasteiger partial charge in [-0.25, -0.2) is 4.79 Å². The Morgan fingerprint density at radius 3 is 2.47 bits per heavy atom. The molecule has 8 rings (SSSR count). The highest BCUT2D eigenvalue weighted by Gasteiger charge is 2.64. The molecular formula is C28H23N3O5. The Kier molecular flexibility index (Phi) is 3.54. The van der Waals surface area contributed by atoms with Gasteiger partial charge < -0.3 is 19.2 Å². The number of nitrogens with zero attached hydrogens (tertiary/aromatic N) is 2. The summed E-state index contributed by atoms with van der Waals surface area (Å²) in [4.78, 5) is 36.7. The summed E-state index contributed by atoms with van der Waals surface area (Å²) in [6, 6.07) is 16.2. The number of benzene rings is 3. The van der Waals surface area contributed by atoms with Gasteiger partial charge in [-0.15, -0.1) is 0 Å². The van der Waals surface area contributed by atoms with E-state index in [2.05, 4.69) is 38.7 Å². The Morgan fingerprint density at radius 1 is 1.03 bits per heavy atom. The zero-order valence-electron chi connectivity index (χ0n) is 20.0. The van der Waals surface area contributed by atoms with Crippen molar-refractivity contribution in [3.63, 3.8) is 0 Å². The monoisotopic (exact) mass is 481 g/mol. The molecule has 3 atom stereocenters. The van der Waals surface area contributed by atoms with Gasteiger partial charge in [-0.2, -0.15) is 4.89 Å². The summed E-state index contributed by atoms with van der Waals surface area (Å²) in [6.07, 6.45) is -0.0629. The van der Waals surface area contributed by atoms with Gasteiger partial charge >= 0.3 is 5.97 Å². The number of rotatable bonds is 2. The van der Waals surface area contributed by atoms with Gasteiger partial charge in [0.15, 0.2) is 5.72 Å². The molecule has 0 saturated carbocycles. The lowest BCUT2D eigenvalue weighted by Gasteiger charge is -2.38. The average molecular weight is 482 g/mol. The maximum absolute atomic E-state index is 13.5. The second-order valence-corrected chi connectivity index (χ2v) is 10.4. The maximum atomic E-state index is 13.5. The molecule has 180 valence electrons. The van der Waals surface area contributed by atoms with Crippen LogP contribution in [0.25, 0.3) is 43.6 Å². The molecule has 3 aromatic carbocycles. The summed E-state index contributed by atoms with van der Waals surface area (Å²) in [7, 11) is 1.34. The Balaban J connectivity index is 1.69. The van der Waals surface area contributed by atoms with Crippen molar-refractivity contribution in [2.45, 2.75) is 38.8 Å². The first-order valence-corrected chi connectivity index (χ1v) is 12.1. The molecule has 3 aliphatic rings. The van der Waals surface area contributed by atoms with Gasteiger partial charge in [0, 0.05) is 34.5 Å². The van der Waals surface area contributed by atoms with Gasteiger partial charge in [0.05, 0.1) is 34.7 Å². The molecule has 1 amide bonds. The molecule has 2 aromatic heterocycles. The third-order valence-electron chi connectivity index (χ3n) is 8.81. The Hall–Kier alpha value is -3.88. The summed E-state index contributed by atoms with van der Waals surface area (Å²) in [5, 5.41) is 7.06. The lowest BCUT2D eigenvalue weighted by Crippen LogP contribution is -2.48. The van der Waals surface area contributed by atoms with Crippen LogP contribution in [0.5, 0.6) is 0 Å².